The molecule has 1 aromatic heterocycles. The largest absolute Gasteiger partial charge is 0.493 e. The van der Waals surface area contributed by atoms with Gasteiger partial charge in [-0.2, -0.15) is 0 Å². The number of morpholine rings is 1. The van der Waals surface area contributed by atoms with Crippen LogP contribution in [0.15, 0.2) is 48.5 Å². The van der Waals surface area contributed by atoms with Gasteiger partial charge in [0.2, 0.25) is 0 Å². The molecule has 0 radical (unpaired) electrons. The predicted octanol–water partition coefficient (Wildman–Crippen LogP) is 5.20. The van der Waals surface area contributed by atoms with E-state index < -0.39 is 0 Å². The topological polar surface area (TPSA) is 48.8 Å². The van der Waals surface area contributed by atoms with Crippen LogP contribution in [0.5, 0.6) is 11.5 Å². The zero-order valence-electron chi connectivity index (χ0n) is 20.5. The lowest BCUT2D eigenvalue weighted by Gasteiger charge is -2.26. The molecule has 1 aliphatic rings. The molecule has 6 heteroatoms. The van der Waals surface area contributed by atoms with Gasteiger partial charge in [-0.15, -0.1) is 0 Å². The summed E-state index contributed by atoms with van der Waals surface area (Å²) in [6, 6.07) is 14.5. The molecule has 182 valence electrons. The summed E-state index contributed by atoms with van der Waals surface area (Å²) in [5, 5.41) is 0. The summed E-state index contributed by atoms with van der Waals surface area (Å²) in [7, 11) is 1.69. The maximum atomic E-state index is 6.04. The molecule has 34 heavy (non-hydrogen) atoms. The van der Waals surface area contributed by atoms with Gasteiger partial charge in [-0.3, -0.25) is 4.90 Å². The average molecular weight is 464 g/mol. The van der Waals surface area contributed by atoms with E-state index in [1.807, 2.05) is 25.1 Å². The van der Waals surface area contributed by atoms with E-state index in [0.717, 1.165) is 87.7 Å². The smallest absolute Gasteiger partial charge is 0.161 e. The van der Waals surface area contributed by atoms with Crippen LogP contribution in [0.4, 0.5) is 0 Å². The average Bonchev–Trinajstić information content (AvgIpc) is 3.22. The summed E-state index contributed by atoms with van der Waals surface area (Å²) >= 11 is 0. The highest BCUT2D eigenvalue weighted by Gasteiger charge is 2.13. The Morgan fingerprint density at radius 3 is 2.68 bits per heavy atom. The third kappa shape index (κ3) is 6.39. The quantitative estimate of drug-likeness (QED) is 0.346. The number of fused-ring (bicyclic) bond motifs is 1. The van der Waals surface area contributed by atoms with Crippen molar-refractivity contribution >= 4 is 17.1 Å². The highest BCUT2D eigenvalue weighted by molar-refractivity contribution is 5.75. The van der Waals surface area contributed by atoms with E-state index in [9.17, 15) is 0 Å². The van der Waals surface area contributed by atoms with Crippen LogP contribution in [0, 0.1) is 0 Å². The maximum Gasteiger partial charge on any atom is 0.161 e. The van der Waals surface area contributed by atoms with E-state index in [0.29, 0.717) is 6.61 Å². The second-order valence-electron chi connectivity index (χ2n) is 8.69. The molecule has 1 aliphatic heterocycles. The summed E-state index contributed by atoms with van der Waals surface area (Å²) in [5.41, 5.74) is 3.43. The molecule has 1 fully saturated rings. The van der Waals surface area contributed by atoms with Crippen molar-refractivity contribution in [3.8, 4) is 11.5 Å². The number of allylic oxidation sites excluding steroid dienone is 1. The number of unbranched alkanes of at least 4 members (excludes halogenated alkanes) is 1. The molecule has 0 atom stereocenters. The molecule has 0 saturated carbocycles. The number of rotatable bonds is 12. The van der Waals surface area contributed by atoms with Crippen molar-refractivity contribution in [2.45, 2.75) is 39.2 Å². The molecule has 0 bridgehead atoms. The zero-order valence-corrected chi connectivity index (χ0v) is 20.5. The first-order chi connectivity index (χ1) is 16.8. The number of ether oxygens (including phenoxy) is 3. The number of methoxy groups -OCH3 is 1. The van der Waals surface area contributed by atoms with Crippen LogP contribution in [0.25, 0.3) is 17.1 Å². The first-order valence-electron chi connectivity index (χ1n) is 12.5. The summed E-state index contributed by atoms with van der Waals surface area (Å²) in [6.45, 7) is 8.52. The lowest BCUT2D eigenvalue weighted by atomic mass is 10.2. The van der Waals surface area contributed by atoms with Crippen molar-refractivity contribution in [1.29, 1.82) is 0 Å². The monoisotopic (exact) mass is 463 g/mol. The summed E-state index contributed by atoms with van der Waals surface area (Å²) in [4.78, 5) is 7.45. The Hall–Kier alpha value is -2.83. The Balaban J connectivity index is 1.30. The number of benzene rings is 2. The van der Waals surface area contributed by atoms with E-state index >= 15 is 0 Å². The highest BCUT2D eigenvalue weighted by Crippen LogP contribution is 2.29. The number of para-hydroxylation sites is 2. The van der Waals surface area contributed by atoms with Crippen LogP contribution in [-0.2, 0) is 17.7 Å². The summed E-state index contributed by atoms with van der Waals surface area (Å²) < 4.78 is 19.4. The second kappa shape index (κ2) is 12.6. The highest BCUT2D eigenvalue weighted by atomic mass is 16.5. The molecule has 0 N–H and O–H groups in total. The minimum Gasteiger partial charge on any atom is -0.493 e. The zero-order chi connectivity index (χ0) is 23.6. The van der Waals surface area contributed by atoms with Crippen LogP contribution >= 0.6 is 0 Å². The minimum atomic E-state index is 0.665. The van der Waals surface area contributed by atoms with Crippen molar-refractivity contribution in [2.75, 3.05) is 46.6 Å². The van der Waals surface area contributed by atoms with Crippen molar-refractivity contribution in [3.05, 3.63) is 59.9 Å². The third-order valence-electron chi connectivity index (χ3n) is 6.29. The number of nitrogens with zero attached hydrogens (tertiary/aromatic N) is 3. The first-order valence-corrected chi connectivity index (χ1v) is 12.5. The number of imidazole rings is 1. The first kappa shape index (κ1) is 24.3. The van der Waals surface area contributed by atoms with Crippen molar-refractivity contribution < 1.29 is 14.2 Å². The standard InChI is InChI=1S/C28H37N3O3/c1-3-9-23-13-14-26(27(22-23)32-2)34-19-7-6-16-31-25-11-5-4-10-24(25)29-28(31)12-8-15-30-17-20-33-21-18-30/h3-5,9-11,13-14,22H,6-8,12,15-21H2,1-2H3/b9-3+. The van der Waals surface area contributed by atoms with Crippen LogP contribution in [0.3, 0.4) is 0 Å². The molecule has 4 rings (SSSR count). The molecule has 2 aromatic carbocycles. The molecule has 0 amide bonds. The third-order valence-corrected chi connectivity index (χ3v) is 6.29. The molecule has 0 spiro atoms. The molecule has 0 aliphatic carbocycles. The molecule has 6 nitrogen and oxygen atoms in total. The number of aromatic nitrogens is 2. The second-order valence-corrected chi connectivity index (χ2v) is 8.69. The van der Waals surface area contributed by atoms with Gasteiger partial charge in [0.25, 0.3) is 0 Å². The van der Waals surface area contributed by atoms with E-state index in [1.165, 1.54) is 11.3 Å². The van der Waals surface area contributed by atoms with Gasteiger partial charge in [0.15, 0.2) is 11.5 Å². The van der Waals surface area contributed by atoms with Crippen LogP contribution in [-0.4, -0.2) is 61.0 Å². The van der Waals surface area contributed by atoms with Crippen LogP contribution < -0.4 is 9.47 Å². The Kier molecular flexibility index (Phi) is 8.99. The SMILES string of the molecule is C/C=C/c1ccc(OCCCCn2c(CCCN3CCOCC3)nc3ccccc32)c(OC)c1. The number of hydrogen-bond acceptors (Lipinski definition) is 5. The van der Waals surface area contributed by atoms with Crippen molar-refractivity contribution in [2.24, 2.45) is 0 Å². The van der Waals surface area contributed by atoms with Crippen molar-refractivity contribution in [3.63, 3.8) is 0 Å². The normalized spacial score (nSPS) is 14.8. The fourth-order valence-corrected chi connectivity index (χ4v) is 4.50. The molecule has 1 saturated heterocycles. The van der Waals surface area contributed by atoms with Crippen LogP contribution in [0.2, 0.25) is 0 Å². The van der Waals surface area contributed by atoms with Gasteiger partial charge >= 0.3 is 0 Å². The lowest BCUT2D eigenvalue weighted by molar-refractivity contribution is 0.0374. The molecular formula is C28H37N3O3. The Bertz CT molecular complexity index is 1070. The fraction of sp³-hybridized carbons (Fsp3) is 0.464. The Morgan fingerprint density at radius 2 is 1.85 bits per heavy atom. The van der Waals surface area contributed by atoms with Crippen LogP contribution in [0.1, 0.15) is 37.6 Å². The van der Waals surface area contributed by atoms with Crippen molar-refractivity contribution in [1.82, 2.24) is 14.5 Å². The maximum absolute atomic E-state index is 6.04. The van der Waals surface area contributed by atoms with Gasteiger partial charge in [-0.25, -0.2) is 4.98 Å². The molecule has 0 unspecified atom stereocenters. The summed E-state index contributed by atoms with van der Waals surface area (Å²) in [5.74, 6) is 2.77. The summed E-state index contributed by atoms with van der Waals surface area (Å²) in [6.07, 6.45) is 8.20. The number of hydrogen-bond donors (Lipinski definition) is 0. The lowest BCUT2D eigenvalue weighted by Crippen LogP contribution is -2.37. The van der Waals surface area contributed by atoms with E-state index in [-0.39, 0.29) is 0 Å². The van der Waals surface area contributed by atoms with Gasteiger partial charge in [0.05, 0.1) is 38.0 Å². The van der Waals surface area contributed by atoms with Gasteiger partial charge in [0.1, 0.15) is 5.82 Å². The van der Waals surface area contributed by atoms with E-state index in [2.05, 4.69) is 45.9 Å². The van der Waals surface area contributed by atoms with Gasteiger partial charge in [-0.05, 0) is 62.6 Å². The van der Waals surface area contributed by atoms with Gasteiger partial charge in [0, 0.05) is 26.1 Å². The Labute approximate surface area is 203 Å². The van der Waals surface area contributed by atoms with E-state index in [1.54, 1.807) is 7.11 Å². The van der Waals surface area contributed by atoms with Gasteiger partial charge in [-0.1, -0.05) is 30.4 Å². The molecule has 2 heterocycles. The van der Waals surface area contributed by atoms with Gasteiger partial charge < -0.3 is 18.8 Å². The molecular weight excluding hydrogens is 426 g/mol. The Morgan fingerprint density at radius 1 is 1.00 bits per heavy atom. The molecule has 3 aromatic rings. The minimum absolute atomic E-state index is 0.665. The van der Waals surface area contributed by atoms with E-state index in [4.69, 9.17) is 19.2 Å². The fourth-order valence-electron chi connectivity index (χ4n) is 4.50. The number of aryl methyl sites for hydroxylation is 2. The predicted molar refractivity (Wildman–Crippen MR) is 138 cm³/mol.